The number of para-hydroxylation sites is 1. The van der Waals surface area contributed by atoms with E-state index in [4.69, 9.17) is 9.47 Å². The Kier molecular flexibility index (Phi) is 6.27. The number of hydrogen-bond donors (Lipinski definition) is 1. The molecule has 0 radical (unpaired) electrons. The SMILES string of the molecule is CCOC(=O)C1=C(C)NC2=N/C(=C/c3cccc([N+](=O)[O-])c3)C(=O)C2C1c1ccccc1OC. The molecule has 2 unspecified atom stereocenters. The second kappa shape index (κ2) is 9.30. The summed E-state index contributed by atoms with van der Waals surface area (Å²) in [7, 11) is 1.53. The summed E-state index contributed by atoms with van der Waals surface area (Å²) in [5.41, 5.74) is 2.07. The highest BCUT2D eigenvalue weighted by molar-refractivity contribution is 6.21. The fourth-order valence-corrected chi connectivity index (χ4v) is 4.35. The lowest BCUT2D eigenvalue weighted by atomic mass is 9.75. The maximum Gasteiger partial charge on any atom is 0.336 e. The van der Waals surface area contributed by atoms with E-state index in [0.717, 1.165) is 0 Å². The molecular weight excluding hydrogens is 438 g/mol. The van der Waals surface area contributed by atoms with Gasteiger partial charge in [-0.25, -0.2) is 9.79 Å². The summed E-state index contributed by atoms with van der Waals surface area (Å²) in [6, 6.07) is 13.2. The Morgan fingerprint density at radius 3 is 2.68 bits per heavy atom. The summed E-state index contributed by atoms with van der Waals surface area (Å²) in [5.74, 6) is -1.37. The average molecular weight is 461 g/mol. The lowest BCUT2D eigenvalue weighted by Gasteiger charge is -2.33. The molecule has 0 saturated heterocycles. The molecule has 0 amide bonds. The van der Waals surface area contributed by atoms with Crippen molar-refractivity contribution in [2.75, 3.05) is 13.7 Å². The van der Waals surface area contributed by atoms with Crippen LogP contribution in [-0.2, 0) is 14.3 Å². The number of nitro benzene ring substituents is 1. The Bertz CT molecular complexity index is 1280. The predicted molar refractivity (Wildman–Crippen MR) is 125 cm³/mol. The summed E-state index contributed by atoms with van der Waals surface area (Å²) < 4.78 is 10.9. The second-order valence-electron chi connectivity index (χ2n) is 7.82. The lowest BCUT2D eigenvalue weighted by Crippen LogP contribution is -2.42. The number of nitrogens with zero attached hydrogens (tertiary/aromatic N) is 2. The molecule has 0 bridgehead atoms. The number of amidine groups is 1. The van der Waals surface area contributed by atoms with Gasteiger partial charge in [-0.15, -0.1) is 0 Å². The van der Waals surface area contributed by atoms with E-state index in [9.17, 15) is 19.7 Å². The van der Waals surface area contributed by atoms with Crippen molar-refractivity contribution in [1.29, 1.82) is 0 Å². The Morgan fingerprint density at radius 1 is 1.21 bits per heavy atom. The summed E-state index contributed by atoms with van der Waals surface area (Å²) in [6.07, 6.45) is 1.51. The van der Waals surface area contributed by atoms with E-state index < -0.39 is 22.7 Å². The Hall–Kier alpha value is -4.27. The number of benzene rings is 2. The van der Waals surface area contributed by atoms with E-state index >= 15 is 0 Å². The number of fused-ring (bicyclic) bond motifs is 1. The molecular formula is C25H23N3O6. The maximum absolute atomic E-state index is 13.6. The minimum Gasteiger partial charge on any atom is -0.496 e. The third-order valence-electron chi connectivity index (χ3n) is 5.79. The van der Waals surface area contributed by atoms with Crippen molar-refractivity contribution in [2.24, 2.45) is 10.9 Å². The molecule has 9 heteroatoms. The van der Waals surface area contributed by atoms with Crippen LogP contribution < -0.4 is 10.1 Å². The third-order valence-corrected chi connectivity index (χ3v) is 5.79. The van der Waals surface area contributed by atoms with E-state index in [1.807, 2.05) is 18.2 Å². The number of ether oxygens (including phenoxy) is 2. The zero-order valence-corrected chi connectivity index (χ0v) is 18.9. The van der Waals surface area contributed by atoms with Gasteiger partial charge in [0.05, 0.1) is 30.1 Å². The van der Waals surface area contributed by atoms with Gasteiger partial charge in [0.2, 0.25) is 0 Å². The largest absolute Gasteiger partial charge is 0.496 e. The quantitative estimate of drug-likeness (QED) is 0.301. The van der Waals surface area contributed by atoms with Crippen LogP contribution in [0, 0.1) is 16.0 Å². The van der Waals surface area contributed by atoms with E-state index in [-0.39, 0.29) is 23.8 Å². The Morgan fingerprint density at radius 2 is 1.97 bits per heavy atom. The van der Waals surface area contributed by atoms with Gasteiger partial charge in [-0.1, -0.05) is 30.3 Å². The van der Waals surface area contributed by atoms with Crippen molar-refractivity contribution in [3.8, 4) is 5.75 Å². The summed E-state index contributed by atoms with van der Waals surface area (Å²) >= 11 is 0. The first kappa shape index (κ1) is 22.9. The molecule has 0 fully saturated rings. The molecule has 2 atom stereocenters. The standard InChI is InChI=1S/C25H23N3O6/c1-4-34-25(30)20-14(2)26-24-22(21(20)17-10-5-6-11-19(17)33-3)23(29)18(27-24)13-15-8-7-9-16(12-15)28(31)32/h5-13,21-22H,4H2,1-3H3,(H,26,27)/b18-13+. The molecule has 0 aliphatic carbocycles. The van der Waals surface area contributed by atoms with Gasteiger partial charge in [-0.05, 0) is 31.6 Å². The number of non-ortho nitro benzene ring substituents is 1. The first-order chi connectivity index (χ1) is 16.3. The molecule has 0 aromatic heterocycles. The fraction of sp³-hybridized carbons (Fsp3) is 0.240. The van der Waals surface area contributed by atoms with Crippen LogP contribution in [0.2, 0.25) is 0 Å². The molecule has 174 valence electrons. The number of methoxy groups -OCH3 is 1. The molecule has 34 heavy (non-hydrogen) atoms. The van der Waals surface area contributed by atoms with Crippen molar-refractivity contribution in [3.63, 3.8) is 0 Å². The van der Waals surface area contributed by atoms with E-state index in [2.05, 4.69) is 10.3 Å². The fourth-order valence-electron chi connectivity index (χ4n) is 4.35. The smallest absolute Gasteiger partial charge is 0.336 e. The minimum absolute atomic E-state index is 0.0861. The number of aliphatic imine (C=N–C) groups is 1. The van der Waals surface area contributed by atoms with Gasteiger partial charge in [0.1, 0.15) is 17.3 Å². The zero-order chi connectivity index (χ0) is 24.4. The number of nitro groups is 1. The molecule has 4 rings (SSSR count). The van der Waals surface area contributed by atoms with Gasteiger partial charge in [0.25, 0.3) is 5.69 Å². The van der Waals surface area contributed by atoms with Gasteiger partial charge >= 0.3 is 5.97 Å². The molecule has 2 aromatic carbocycles. The summed E-state index contributed by atoms with van der Waals surface area (Å²) in [5, 5.41) is 14.2. The molecule has 2 heterocycles. The summed E-state index contributed by atoms with van der Waals surface area (Å²) in [4.78, 5) is 41.7. The first-order valence-corrected chi connectivity index (χ1v) is 10.7. The van der Waals surface area contributed by atoms with Crippen LogP contribution in [0.15, 0.2) is 70.5 Å². The van der Waals surface area contributed by atoms with Gasteiger partial charge in [-0.2, -0.15) is 0 Å². The highest BCUT2D eigenvalue weighted by atomic mass is 16.6. The molecule has 2 aliphatic rings. The van der Waals surface area contributed by atoms with Crippen LogP contribution >= 0.6 is 0 Å². The van der Waals surface area contributed by atoms with E-state index in [1.54, 1.807) is 32.0 Å². The monoisotopic (exact) mass is 461 g/mol. The van der Waals surface area contributed by atoms with Crippen molar-refractivity contribution in [2.45, 2.75) is 19.8 Å². The van der Waals surface area contributed by atoms with Crippen LogP contribution in [0.25, 0.3) is 6.08 Å². The lowest BCUT2D eigenvalue weighted by molar-refractivity contribution is -0.384. The van der Waals surface area contributed by atoms with Crippen LogP contribution in [0.4, 0.5) is 5.69 Å². The molecule has 2 aliphatic heterocycles. The van der Waals surface area contributed by atoms with Gasteiger partial charge in [0.15, 0.2) is 5.78 Å². The third kappa shape index (κ3) is 4.07. The van der Waals surface area contributed by atoms with Crippen molar-refractivity contribution < 1.29 is 24.0 Å². The highest BCUT2D eigenvalue weighted by Crippen LogP contribution is 2.45. The first-order valence-electron chi connectivity index (χ1n) is 10.7. The topological polar surface area (TPSA) is 120 Å². The minimum atomic E-state index is -0.802. The maximum atomic E-state index is 13.6. The number of carbonyl (C=O) groups is 2. The molecule has 0 saturated carbocycles. The van der Waals surface area contributed by atoms with E-state index in [0.29, 0.717) is 34.0 Å². The van der Waals surface area contributed by atoms with Gasteiger partial charge < -0.3 is 14.8 Å². The van der Waals surface area contributed by atoms with Crippen molar-refractivity contribution >= 4 is 29.4 Å². The number of ketones is 1. The van der Waals surface area contributed by atoms with Crippen LogP contribution in [-0.4, -0.2) is 36.2 Å². The molecule has 2 aromatic rings. The van der Waals surface area contributed by atoms with Crippen molar-refractivity contribution in [1.82, 2.24) is 5.32 Å². The van der Waals surface area contributed by atoms with Crippen molar-refractivity contribution in [3.05, 3.63) is 86.7 Å². The zero-order valence-electron chi connectivity index (χ0n) is 18.9. The predicted octanol–water partition coefficient (Wildman–Crippen LogP) is 3.77. The highest BCUT2D eigenvalue weighted by Gasteiger charge is 2.48. The Labute approximate surface area is 195 Å². The second-order valence-corrected chi connectivity index (χ2v) is 7.82. The number of Topliss-reactive ketones (excluding diaryl/α,β-unsaturated/α-hetero) is 1. The number of nitrogens with one attached hydrogen (secondary N) is 1. The van der Waals surface area contributed by atoms with Gasteiger partial charge in [0, 0.05) is 29.3 Å². The molecule has 9 nitrogen and oxygen atoms in total. The van der Waals surface area contributed by atoms with Crippen LogP contribution in [0.3, 0.4) is 0 Å². The van der Waals surface area contributed by atoms with Gasteiger partial charge in [-0.3, -0.25) is 14.9 Å². The normalized spacial score (nSPS) is 20.5. The molecule has 1 N–H and O–H groups in total. The number of carbonyl (C=O) groups excluding carboxylic acids is 2. The molecule has 0 spiro atoms. The van der Waals surface area contributed by atoms with Crippen LogP contribution in [0.5, 0.6) is 5.75 Å². The van der Waals surface area contributed by atoms with Crippen LogP contribution in [0.1, 0.15) is 30.9 Å². The van der Waals surface area contributed by atoms with E-state index in [1.165, 1.54) is 25.3 Å². The number of allylic oxidation sites excluding steroid dienone is 2. The number of hydrogen-bond acceptors (Lipinski definition) is 8. The summed E-state index contributed by atoms with van der Waals surface area (Å²) in [6.45, 7) is 3.64. The number of rotatable bonds is 6. The number of esters is 1. The average Bonchev–Trinajstić information content (AvgIpc) is 3.12. The Balaban J connectivity index is 1.83.